The Morgan fingerprint density at radius 3 is 2.52 bits per heavy atom. The molecule has 0 aliphatic heterocycles. The van der Waals surface area contributed by atoms with Crippen LogP contribution in [0.2, 0.25) is 0 Å². The van der Waals surface area contributed by atoms with Crippen LogP contribution in [0.5, 0.6) is 5.75 Å². The van der Waals surface area contributed by atoms with E-state index < -0.39 is 41.6 Å². The first-order valence-electron chi connectivity index (χ1n) is 8.11. The summed E-state index contributed by atoms with van der Waals surface area (Å²) >= 11 is 0. The number of nitrogens with one attached hydrogen (secondary N) is 1. The van der Waals surface area contributed by atoms with E-state index in [4.69, 9.17) is 9.47 Å². The van der Waals surface area contributed by atoms with E-state index in [2.05, 4.69) is 0 Å². The van der Waals surface area contributed by atoms with Gasteiger partial charge in [0, 0.05) is 0 Å². The molecule has 0 radical (unpaired) electrons. The van der Waals surface area contributed by atoms with E-state index in [1.54, 1.807) is 12.1 Å². The van der Waals surface area contributed by atoms with Crippen molar-refractivity contribution in [2.45, 2.75) is 13.8 Å². The highest BCUT2D eigenvalue weighted by Gasteiger charge is 2.16. The summed E-state index contributed by atoms with van der Waals surface area (Å²) in [5, 5.41) is 2.01. The minimum atomic E-state index is -1.71. The summed E-state index contributed by atoms with van der Waals surface area (Å²) in [6.07, 6.45) is 0. The molecule has 0 unspecified atom stereocenters. The predicted octanol–water partition coefficient (Wildman–Crippen LogP) is 3.93. The second-order valence-corrected chi connectivity index (χ2v) is 6.08. The molecule has 8 heteroatoms. The highest BCUT2D eigenvalue weighted by Crippen LogP contribution is 2.19. The Balaban J connectivity index is 1.92. The molecule has 5 nitrogen and oxygen atoms in total. The maximum Gasteiger partial charge on any atom is 0.338 e. The van der Waals surface area contributed by atoms with Gasteiger partial charge in [0.05, 0.1) is 17.9 Å². The number of halogens is 3. The van der Waals surface area contributed by atoms with Gasteiger partial charge in [-0.25, -0.2) is 18.0 Å². The number of hydrogen-bond acceptors (Lipinski definition) is 4. The molecule has 1 N–H and O–H groups in total. The molecule has 0 aliphatic carbocycles. The molecular formula is C19H18F3NO4. The smallest absolute Gasteiger partial charge is 0.338 e. The Kier molecular flexibility index (Phi) is 6.81. The van der Waals surface area contributed by atoms with Gasteiger partial charge in [0.2, 0.25) is 0 Å². The highest BCUT2D eigenvalue weighted by atomic mass is 19.2. The zero-order valence-electron chi connectivity index (χ0n) is 14.7. The van der Waals surface area contributed by atoms with Gasteiger partial charge in [-0.05, 0) is 36.2 Å². The van der Waals surface area contributed by atoms with Crippen molar-refractivity contribution in [1.82, 2.24) is 0 Å². The number of carbonyl (C=O) groups excluding carboxylic acids is 2. The van der Waals surface area contributed by atoms with E-state index in [-0.39, 0.29) is 5.56 Å². The van der Waals surface area contributed by atoms with Crippen LogP contribution >= 0.6 is 0 Å². The molecule has 0 aromatic heterocycles. The summed E-state index contributed by atoms with van der Waals surface area (Å²) in [4.78, 5) is 23.8. The number of carbonyl (C=O) groups is 2. The summed E-state index contributed by atoms with van der Waals surface area (Å²) in [6, 6.07) is 7.77. The lowest BCUT2D eigenvalue weighted by molar-refractivity contribution is -0.119. The van der Waals surface area contributed by atoms with Crippen molar-refractivity contribution >= 4 is 17.6 Å². The van der Waals surface area contributed by atoms with E-state index in [1.807, 2.05) is 19.2 Å². The van der Waals surface area contributed by atoms with Gasteiger partial charge in [-0.2, -0.15) is 0 Å². The molecule has 0 fully saturated rings. The fourth-order valence-corrected chi connectivity index (χ4v) is 2.00. The average molecular weight is 381 g/mol. The second-order valence-electron chi connectivity index (χ2n) is 6.08. The number of anilines is 1. The van der Waals surface area contributed by atoms with Crippen LogP contribution in [0.15, 0.2) is 36.4 Å². The Labute approximate surface area is 154 Å². The third-order valence-electron chi connectivity index (χ3n) is 3.30. The molecule has 0 saturated carbocycles. The second kappa shape index (κ2) is 9.07. The van der Waals surface area contributed by atoms with E-state index >= 15 is 0 Å². The molecule has 2 aromatic carbocycles. The van der Waals surface area contributed by atoms with Crippen LogP contribution in [-0.2, 0) is 9.53 Å². The predicted molar refractivity (Wildman–Crippen MR) is 92.0 cm³/mol. The molecule has 0 saturated heterocycles. The Morgan fingerprint density at radius 2 is 1.81 bits per heavy atom. The molecule has 0 atom stereocenters. The number of benzene rings is 2. The van der Waals surface area contributed by atoms with Crippen LogP contribution in [-0.4, -0.2) is 25.1 Å². The molecule has 0 spiro atoms. The first-order chi connectivity index (χ1) is 12.8. The fourth-order valence-electron chi connectivity index (χ4n) is 2.00. The minimum absolute atomic E-state index is 0.170. The molecule has 0 aliphatic rings. The topological polar surface area (TPSA) is 64.6 Å². The Bertz CT molecular complexity index is 840. The van der Waals surface area contributed by atoms with Gasteiger partial charge in [0.1, 0.15) is 5.75 Å². The SMILES string of the molecule is CC(C)COc1cccc(C(=O)OCC(=O)Nc2ccc(F)c(F)c2F)c1. The lowest BCUT2D eigenvalue weighted by atomic mass is 10.2. The lowest BCUT2D eigenvalue weighted by Crippen LogP contribution is -2.21. The number of hydrogen-bond donors (Lipinski definition) is 1. The van der Waals surface area contributed by atoms with Crippen molar-refractivity contribution in [2.24, 2.45) is 5.92 Å². The van der Waals surface area contributed by atoms with Crippen molar-refractivity contribution < 1.29 is 32.2 Å². The van der Waals surface area contributed by atoms with Gasteiger partial charge < -0.3 is 14.8 Å². The molecule has 27 heavy (non-hydrogen) atoms. The third-order valence-corrected chi connectivity index (χ3v) is 3.30. The standard InChI is InChI=1S/C19H18F3NO4/c1-11(2)9-26-13-5-3-4-12(8-13)19(25)27-10-16(24)23-15-7-6-14(20)17(21)18(15)22/h3-8,11H,9-10H2,1-2H3,(H,23,24). The summed E-state index contributed by atoms with van der Waals surface area (Å²) in [5.41, 5.74) is -0.387. The fraction of sp³-hybridized carbons (Fsp3) is 0.263. The first-order valence-corrected chi connectivity index (χ1v) is 8.11. The van der Waals surface area contributed by atoms with Gasteiger partial charge in [-0.1, -0.05) is 19.9 Å². The maximum absolute atomic E-state index is 13.5. The monoisotopic (exact) mass is 381 g/mol. The quantitative estimate of drug-likeness (QED) is 0.583. The van der Waals surface area contributed by atoms with Gasteiger partial charge in [0.25, 0.3) is 5.91 Å². The first kappa shape index (κ1) is 20.3. The van der Waals surface area contributed by atoms with Crippen LogP contribution in [0.25, 0.3) is 0 Å². The van der Waals surface area contributed by atoms with Crippen LogP contribution in [0.3, 0.4) is 0 Å². The van der Waals surface area contributed by atoms with Crippen LogP contribution < -0.4 is 10.1 Å². The molecule has 2 rings (SSSR count). The number of rotatable bonds is 7. The Morgan fingerprint density at radius 1 is 1.07 bits per heavy atom. The van der Waals surface area contributed by atoms with Crippen molar-refractivity contribution in [3.05, 3.63) is 59.4 Å². The summed E-state index contributed by atoms with van der Waals surface area (Å²) in [5.74, 6) is -5.52. The van der Waals surface area contributed by atoms with Gasteiger partial charge in [-0.3, -0.25) is 4.79 Å². The van der Waals surface area contributed by atoms with E-state index in [0.717, 1.165) is 6.07 Å². The van der Waals surface area contributed by atoms with Crippen LogP contribution in [0.4, 0.5) is 18.9 Å². The van der Waals surface area contributed by atoms with Gasteiger partial charge in [-0.15, -0.1) is 0 Å². The van der Waals surface area contributed by atoms with E-state index in [1.165, 1.54) is 12.1 Å². The summed E-state index contributed by atoms with van der Waals surface area (Å²) in [7, 11) is 0. The van der Waals surface area contributed by atoms with Crippen molar-refractivity contribution in [3.8, 4) is 5.75 Å². The Hall–Kier alpha value is -3.03. The average Bonchev–Trinajstić information content (AvgIpc) is 2.65. The molecule has 144 valence electrons. The van der Waals surface area contributed by atoms with Crippen LogP contribution in [0.1, 0.15) is 24.2 Å². The summed E-state index contributed by atoms with van der Waals surface area (Å²) in [6.45, 7) is 3.70. The number of esters is 1. The van der Waals surface area contributed by atoms with Crippen molar-refractivity contribution in [3.63, 3.8) is 0 Å². The molecular weight excluding hydrogens is 363 g/mol. The van der Waals surface area contributed by atoms with Gasteiger partial charge in [0.15, 0.2) is 24.1 Å². The highest BCUT2D eigenvalue weighted by molar-refractivity contribution is 5.95. The van der Waals surface area contributed by atoms with Crippen LogP contribution in [0, 0.1) is 23.4 Å². The minimum Gasteiger partial charge on any atom is -0.493 e. The normalized spacial score (nSPS) is 10.6. The zero-order chi connectivity index (χ0) is 20.0. The van der Waals surface area contributed by atoms with Gasteiger partial charge >= 0.3 is 5.97 Å². The maximum atomic E-state index is 13.5. The largest absolute Gasteiger partial charge is 0.493 e. The molecule has 1 amide bonds. The van der Waals surface area contributed by atoms with E-state index in [9.17, 15) is 22.8 Å². The number of amides is 1. The number of ether oxygens (including phenoxy) is 2. The third kappa shape index (κ3) is 5.73. The zero-order valence-corrected chi connectivity index (χ0v) is 14.7. The summed E-state index contributed by atoms with van der Waals surface area (Å²) < 4.78 is 49.8. The van der Waals surface area contributed by atoms with Crippen molar-refractivity contribution in [1.29, 1.82) is 0 Å². The lowest BCUT2D eigenvalue weighted by Gasteiger charge is -2.10. The van der Waals surface area contributed by atoms with E-state index in [0.29, 0.717) is 24.3 Å². The molecule has 2 aromatic rings. The molecule has 0 bridgehead atoms. The molecule has 0 heterocycles. The van der Waals surface area contributed by atoms with Crippen molar-refractivity contribution in [2.75, 3.05) is 18.5 Å².